The van der Waals surface area contributed by atoms with E-state index in [9.17, 15) is 0 Å². The molecule has 302 valence electrons. The minimum atomic E-state index is 0. The number of allylic oxidation sites excluding steroid dienone is 2. The predicted octanol–water partition coefficient (Wildman–Crippen LogP) is 12.9. The van der Waals surface area contributed by atoms with Crippen molar-refractivity contribution in [2.75, 3.05) is 45.8 Å². The number of nitrogens with zero attached hydrogens (tertiary/aromatic N) is 6. The summed E-state index contributed by atoms with van der Waals surface area (Å²) in [5.74, 6) is 6.65. The molecular weight excluding hydrogens is 711 g/mol. The van der Waals surface area contributed by atoms with Gasteiger partial charge in [0.25, 0.3) is 0 Å². The van der Waals surface area contributed by atoms with Crippen LogP contribution in [0.15, 0.2) is 23.9 Å². The van der Waals surface area contributed by atoms with Gasteiger partial charge in [0.2, 0.25) is 0 Å². The van der Waals surface area contributed by atoms with E-state index in [2.05, 4.69) is 114 Å². The first-order valence-corrected chi connectivity index (χ1v) is 21.1. The third kappa shape index (κ3) is 27.3. The third-order valence-corrected chi connectivity index (χ3v) is 11.4. The van der Waals surface area contributed by atoms with Crippen LogP contribution in [-0.4, -0.2) is 45.8 Å². The van der Waals surface area contributed by atoms with Crippen LogP contribution in [0.4, 0.5) is 0 Å². The molecule has 3 fully saturated rings. The molecule has 4 heterocycles. The van der Waals surface area contributed by atoms with Gasteiger partial charge in [0, 0.05) is 16.5 Å². The van der Waals surface area contributed by atoms with Crippen molar-refractivity contribution in [2.24, 2.45) is 41.4 Å². The fraction of sp³-hybridized carbons (Fsp3) is 0.857. The van der Waals surface area contributed by atoms with Gasteiger partial charge in [0.05, 0.1) is 0 Å². The molecule has 0 saturated carbocycles. The Hall–Kier alpha value is -0.926. The molecule has 0 N–H and O–H groups in total. The quantitative estimate of drug-likeness (QED) is 0.112. The van der Waals surface area contributed by atoms with Crippen LogP contribution in [-0.2, 0) is 41.7 Å². The first-order chi connectivity index (χ1) is 24.4. The van der Waals surface area contributed by atoms with E-state index in [0.717, 1.165) is 87.2 Å². The van der Waals surface area contributed by atoms with E-state index in [1.165, 1.54) is 106 Å². The van der Waals surface area contributed by atoms with Crippen molar-refractivity contribution >= 4 is 25.3 Å². The first kappa shape index (κ1) is 54.4. The van der Waals surface area contributed by atoms with Gasteiger partial charge in [-0.05, 0) is 54.3 Å². The summed E-state index contributed by atoms with van der Waals surface area (Å²) in [7, 11) is 0. The molecule has 0 radical (unpaired) electrons. The SMILES string of the molecule is CCC(CC)C1=CC[N-]C=C1.CCC(CC)C1CC[N-]CC1.CCC(CC)C1CC[N-]CC1.CCC(CC)C1CC[N-]CC1.N#C[S-].N#C[S-].[Ni]. The Morgan fingerprint density at radius 1 is 0.569 bits per heavy atom. The summed E-state index contributed by atoms with van der Waals surface area (Å²) in [5.41, 5.74) is 1.48. The van der Waals surface area contributed by atoms with E-state index >= 15 is 0 Å². The maximum Gasteiger partial charge on any atom is 0 e. The Labute approximate surface area is 339 Å². The van der Waals surface area contributed by atoms with E-state index in [-0.39, 0.29) is 16.5 Å². The Morgan fingerprint density at radius 3 is 1.04 bits per heavy atom. The maximum absolute atomic E-state index is 7.13. The monoisotopic (exact) mass is 786 g/mol. The van der Waals surface area contributed by atoms with Crippen LogP contribution in [0.2, 0.25) is 0 Å². The first-order valence-electron chi connectivity index (χ1n) is 20.3. The molecule has 0 bridgehead atoms. The number of piperidine rings is 3. The van der Waals surface area contributed by atoms with Crippen LogP contribution in [0.1, 0.15) is 145 Å². The zero-order chi connectivity index (χ0) is 37.8. The summed E-state index contributed by atoms with van der Waals surface area (Å²) in [5, 5.41) is 34.2. The molecule has 6 nitrogen and oxygen atoms in total. The Kier molecular flexibility index (Phi) is 43.0. The Bertz CT molecular complexity index is 782. The van der Waals surface area contributed by atoms with E-state index in [1.54, 1.807) is 0 Å². The molecule has 0 aromatic heterocycles. The van der Waals surface area contributed by atoms with Gasteiger partial charge >= 0.3 is 0 Å². The van der Waals surface area contributed by atoms with Gasteiger partial charge in [-0.2, -0.15) is 6.20 Å². The van der Waals surface area contributed by atoms with Crippen molar-refractivity contribution in [2.45, 2.75) is 145 Å². The van der Waals surface area contributed by atoms with E-state index in [4.69, 9.17) is 10.5 Å². The third-order valence-electron chi connectivity index (χ3n) is 11.4. The molecule has 0 spiro atoms. The summed E-state index contributed by atoms with van der Waals surface area (Å²) in [4.78, 5) is 0. The largest absolute Gasteiger partial charge is 0.696 e. The molecule has 0 aromatic carbocycles. The van der Waals surface area contributed by atoms with Crippen molar-refractivity contribution in [1.29, 1.82) is 10.5 Å². The zero-order valence-electron chi connectivity index (χ0n) is 33.9. The van der Waals surface area contributed by atoms with Crippen molar-refractivity contribution in [1.82, 2.24) is 0 Å². The summed E-state index contributed by atoms with van der Waals surface area (Å²) in [6, 6.07) is 0. The van der Waals surface area contributed by atoms with Crippen LogP contribution < -0.4 is 0 Å². The molecule has 4 aliphatic rings. The molecule has 0 amide bonds. The van der Waals surface area contributed by atoms with Crippen LogP contribution in [0.3, 0.4) is 0 Å². The average Bonchev–Trinajstić information content (AvgIpc) is 3.17. The molecule has 0 unspecified atom stereocenters. The summed E-state index contributed by atoms with van der Waals surface area (Å²) < 4.78 is 0. The summed E-state index contributed by atoms with van der Waals surface area (Å²) in [6.45, 7) is 26.0. The standard InChI is InChI=1S/3C10H20N.C10H16N.2CHNS.Ni/c4*1-3-9(4-2)10-5-7-11-8-6-10;2*2-1-3;/h3*9-10H,3-8H2,1-2H3;5-7,9H,3-4,8H2,1-2H3;2*3H;/q4*-1;;;/p-2. The molecule has 4 rings (SSSR count). The maximum atomic E-state index is 7.13. The van der Waals surface area contributed by atoms with Gasteiger partial charge in [-0.1, -0.05) is 161 Å². The molecule has 0 aromatic rings. The molecule has 9 heteroatoms. The molecule has 51 heavy (non-hydrogen) atoms. The van der Waals surface area contributed by atoms with E-state index in [0.29, 0.717) is 0 Å². The number of rotatable bonds is 12. The molecule has 0 aliphatic carbocycles. The van der Waals surface area contributed by atoms with Crippen molar-refractivity contribution < 1.29 is 16.5 Å². The van der Waals surface area contributed by atoms with Crippen molar-refractivity contribution in [3.8, 4) is 10.8 Å². The second kappa shape index (κ2) is 40.3. The number of hydrogen-bond acceptors (Lipinski definition) is 4. The van der Waals surface area contributed by atoms with Gasteiger partial charge < -0.3 is 46.5 Å². The molecular formula is C42H76N6NiS2-6. The van der Waals surface area contributed by atoms with Crippen molar-refractivity contribution in [3.05, 3.63) is 45.2 Å². The summed E-state index contributed by atoms with van der Waals surface area (Å²) in [6.07, 6.45) is 25.1. The van der Waals surface area contributed by atoms with Crippen LogP contribution in [0, 0.1) is 62.8 Å². The van der Waals surface area contributed by atoms with Crippen LogP contribution >= 0.6 is 0 Å². The fourth-order valence-corrected chi connectivity index (χ4v) is 8.08. The Morgan fingerprint density at radius 2 is 0.843 bits per heavy atom. The number of nitriles is 2. The number of hydrogen-bond donors (Lipinski definition) is 0. The Balaban J connectivity index is -0.000000568. The van der Waals surface area contributed by atoms with Crippen LogP contribution in [0.25, 0.3) is 21.3 Å². The minimum absolute atomic E-state index is 0. The number of thiocyanates is 2. The molecule has 3 saturated heterocycles. The van der Waals surface area contributed by atoms with Gasteiger partial charge in [-0.3, -0.25) is 0 Å². The minimum Gasteiger partial charge on any atom is -0.696 e. The summed E-state index contributed by atoms with van der Waals surface area (Å²) >= 11 is 7.40. The van der Waals surface area contributed by atoms with Crippen LogP contribution in [0.5, 0.6) is 0 Å². The second-order valence-electron chi connectivity index (χ2n) is 13.8. The van der Waals surface area contributed by atoms with Gasteiger partial charge in [-0.15, -0.1) is 45.8 Å². The second-order valence-corrected chi connectivity index (χ2v) is 14.2. The van der Waals surface area contributed by atoms with Gasteiger partial charge in [-0.25, -0.2) is 10.5 Å². The molecule has 4 aliphatic heterocycles. The topological polar surface area (TPSA) is 104 Å². The molecule has 0 atom stereocenters. The van der Waals surface area contributed by atoms with E-state index < -0.39 is 0 Å². The fourth-order valence-electron chi connectivity index (χ4n) is 8.08. The van der Waals surface area contributed by atoms with E-state index in [1.807, 2.05) is 6.20 Å². The zero-order valence-corrected chi connectivity index (χ0v) is 36.6. The van der Waals surface area contributed by atoms with Gasteiger partial charge in [0.15, 0.2) is 0 Å². The average molecular weight is 788 g/mol. The normalized spacial score (nSPS) is 17.4. The predicted molar refractivity (Wildman–Crippen MR) is 225 cm³/mol. The smallest absolute Gasteiger partial charge is 0 e. The van der Waals surface area contributed by atoms with Crippen molar-refractivity contribution in [3.63, 3.8) is 0 Å². The van der Waals surface area contributed by atoms with Gasteiger partial charge in [0.1, 0.15) is 0 Å².